The molecule has 0 aliphatic carbocycles. The molecule has 0 atom stereocenters. The van der Waals surface area contributed by atoms with Gasteiger partial charge in [0.05, 0.1) is 24.6 Å². The van der Waals surface area contributed by atoms with E-state index in [2.05, 4.69) is 0 Å². The Morgan fingerprint density at radius 3 is 2.53 bits per heavy atom. The average molecular weight is 214 g/mol. The van der Waals surface area contributed by atoms with Crippen molar-refractivity contribution in [2.24, 2.45) is 0 Å². The third kappa shape index (κ3) is 2.02. The quantitative estimate of drug-likeness (QED) is 0.718. The lowest BCUT2D eigenvalue weighted by atomic mass is 10.2. The van der Waals surface area contributed by atoms with Crippen LogP contribution in [0, 0.1) is 11.6 Å². The molecular weight excluding hydrogens is 202 g/mol. The van der Waals surface area contributed by atoms with E-state index in [9.17, 15) is 8.78 Å². The summed E-state index contributed by atoms with van der Waals surface area (Å²) in [7, 11) is 0. The van der Waals surface area contributed by atoms with E-state index in [1.807, 2.05) is 0 Å². The molecule has 0 aromatic heterocycles. The zero-order valence-corrected chi connectivity index (χ0v) is 8.17. The van der Waals surface area contributed by atoms with Crippen LogP contribution < -0.4 is 10.6 Å². The number of halogens is 2. The molecule has 1 aromatic carbocycles. The largest absolute Gasteiger partial charge is 0.396 e. The topological polar surface area (TPSA) is 38.5 Å². The maximum Gasteiger partial charge on any atom is 0.169 e. The molecule has 0 saturated carbocycles. The Hall–Kier alpha value is -1.36. The number of nitrogen functional groups attached to an aromatic ring is 1. The number of rotatable bonds is 1. The molecule has 0 radical (unpaired) electrons. The van der Waals surface area contributed by atoms with Gasteiger partial charge in [0.2, 0.25) is 0 Å². The van der Waals surface area contributed by atoms with Gasteiger partial charge in [-0.2, -0.15) is 0 Å². The molecule has 1 fully saturated rings. The van der Waals surface area contributed by atoms with Gasteiger partial charge in [-0.1, -0.05) is 0 Å². The smallest absolute Gasteiger partial charge is 0.169 e. The second-order valence-corrected chi connectivity index (χ2v) is 3.43. The predicted molar refractivity (Wildman–Crippen MR) is 53.8 cm³/mol. The highest BCUT2D eigenvalue weighted by molar-refractivity contribution is 5.58. The molecule has 0 amide bonds. The van der Waals surface area contributed by atoms with Crippen LogP contribution in [-0.2, 0) is 4.74 Å². The second kappa shape index (κ2) is 4.02. The fourth-order valence-electron chi connectivity index (χ4n) is 1.63. The molecule has 15 heavy (non-hydrogen) atoms. The van der Waals surface area contributed by atoms with Gasteiger partial charge in [-0.15, -0.1) is 0 Å². The second-order valence-electron chi connectivity index (χ2n) is 3.43. The van der Waals surface area contributed by atoms with Crippen LogP contribution in [0.15, 0.2) is 12.1 Å². The summed E-state index contributed by atoms with van der Waals surface area (Å²) in [6.45, 7) is 2.16. The third-order valence-electron chi connectivity index (χ3n) is 2.40. The highest BCUT2D eigenvalue weighted by atomic mass is 19.1. The van der Waals surface area contributed by atoms with Crippen LogP contribution in [0.4, 0.5) is 20.2 Å². The Morgan fingerprint density at radius 2 is 1.87 bits per heavy atom. The summed E-state index contributed by atoms with van der Waals surface area (Å²) >= 11 is 0. The van der Waals surface area contributed by atoms with Gasteiger partial charge in [-0.05, 0) is 6.07 Å². The van der Waals surface area contributed by atoms with Crippen LogP contribution in [0.5, 0.6) is 0 Å². The van der Waals surface area contributed by atoms with E-state index < -0.39 is 11.6 Å². The molecule has 0 bridgehead atoms. The Kier molecular flexibility index (Phi) is 2.73. The van der Waals surface area contributed by atoms with Gasteiger partial charge in [0.25, 0.3) is 0 Å². The molecule has 5 heteroatoms. The van der Waals surface area contributed by atoms with E-state index in [0.29, 0.717) is 26.3 Å². The molecule has 82 valence electrons. The van der Waals surface area contributed by atoms with Crippen LogP contribution in [0.1, 0.15) is 0 Å². The summed E-state index contributed by atoms with van der Waals surface area (Å²) in [5.41, 5.74) is 5.42. The first kappa shape index (κ1) is 10.2. The molecule has 1 heterocycles. The molecule has 0 unspecified atom stereocenters. The summed E-state index contributed by atoms with van der Waals surface area (Å²) in [4.78, 5) is 1.73. The summed E-state index contributed by atoms with van der Waals surface area (Å²) in [5.74, 6) is -1.08. The molecule has 1 aliphatic rings. The van der Waals surface area contributed by atoms with E-state index in [1.165, 1.54) is 0 Å². The minimum atomic E-state index is -0.557. The van der Waals surface area contributed by atoms with Crippen molar-refractivity contribution in [1.82, 2.24) is 0 Å². The number of hydrogen-bond acceptors (Lipinski definition) is 3. The average Bonchev–Trinajstić information content (AvgIpc) is 2.24. The van der Waals surface area contributed by atoms with Crippen LogP contribution in [0.3, 0.4) is 0 Å². The normalized spacial score (nSPS) is 16.8. The summed E-state index contributed by atoms with van der Waals surface area (Å²) in [5, 5.41) is 0. The first-order valence-electron chi connectivity index (χ1n) is 4.75. The minimum Gasteiger partial charge on any atom is -0.396 e. The monoisotopic (exact) mass is 214 g/mol. The van der Waals surface area contributed by atoms with Gasteiger partial charge in [0.15, 0.2) is 5.82 Å². The molecule has 0 spiro atoms. The van der Waals surface area contributed by atoms with Crippen LogP contribution >= 0.6 is 0 Å². The molecule has 2 rings (SSSR count). The highest BCUT2D eigenvalue weighted by Gasteiger charge is 2.17. The molecule has 1 aromatic rings. The molecular formula is C10H12F2N2O. The van der Waals surface area contributed by atoms with Crippen molar-refractivity contribution in [1.29, 1.82) is 0 Å². The van der Waals surface area contributed by atoms with Crippen molar-refractivity contribution in [2.45, 2.75) is 0 Å². The fourth-order valence-corrected chi connectivity index (χ4v) is 1.63. The Labute approximate surface area is 86.4 Å². The van der Waals surface area contributed by atoms with Gasteiger partial charge in [0, 0.05) is 19.2 Å². The van der Waals surface area contributed by atoms with E-state index in [4.69, 9.17) is 10.5 Å². The van der Waals surface area contributed by atoms with E-state index in [-0.39, 0.29) is 11.4 Å². The first-order chi connectivity index (χ1) is 7.18. The fraction of sp³-hybridized carbons (Fsp3) is 0.400. The predicted octanol–water partition coefficient (Wildman–Crippen LogP) is 1.38. The molecule has 1 saturated heterocycles. The lowest BCUT2D eigenvalue weighted by Crippen LogP contribution is -2.36. The van der Waals surface area contributed by atoms with Gasteiger partial charge >= 0.3 is 0 Å². The molecule has 3 nitrogen and oxygen atoms in total. The third-order valence-corrected chi connectivity index (χ3v) is 2.40. The van der Waals surface area contributed by atoms with Crippen molar-refractivity contribution in [3.63, 3.8) is 0 Å². The Bertz CT molecular complexity index is 365. The zero-order chi connectivity index (χ0) is 10.8. The number of nitrogens with zero attached hydrogens (tertiary/aromatic N) is 1. The number of morpholine rings is 1. The van der Waals surface area contributed by atoms with Gasteiger partial charge in [0.1, 0.15) is 5.82 Å². The number of ether oxygens (including phenoxy) is 1. The zero-order valence-electron chi connectivity index (χ0n) is 8.17. The van der Waals surface area contributed by atoms with Crippen molar-refractivity contribution in [3.8, 4) is 0 Å². The minimum absolute atomic E-state index is 0.156. The van der Waals surface area contributed by atoms with Crippen molar-refractivity contribution >= 4 is 11.4 Å². The SMILES string of the molecule is Nc1cc(F)cc(N2CCOCC2)c1F. The van der Waals surface area contributed by atoms with Crippen LogP contribution in [0.2, 0.25) is 0 Å². The molecule has 1 aliphatic heterocycles. The molecule has 2 N–H and O–H groups in total. The Balaban J connectivity index is 2.33. The Morgan fingerprint density at radius 1 is 1.20 bits per heavy atom. The van der Waals surface area contributed by atoms with E-state index in [1.54, 1.807) is 4.90 Å². The summed E-state index contributed by atoms with van der Waals surface area (Å²) < 4.78 is 31.8. The first-order valence-corrected chi connectivity index (χ1v) is 4.75. The summed E-state index contributed by atoms with van der Waals surface area (Å²) in [6.07, 6.45) is 0. The number of anilines is 2. The maximum absolute atomic E-state index is 13.6. The van der Waals surface area contributed by atoms with Crippen molar-refractivity contribution in [2.75, 3.05) is 36.9 Å². The lowest BCUT2D eigenvalue weighted by molar-refractivity contribution is 0.122. The standard InChI is InChI=1S/C10H12F2N2O/c11-7-5-8(13)10(12)9(6-7)14-1-3-15-4-2-14/h5-6H,1-4,13H2. The van der Waals surface area contributed by atoms with Gasteiger partial charge in [-0.25, -0.2) is 8.78 Å². The van der Waals surface area contributed by atoms with E-state index >= 15 is 0 Å². The van der Waals surface area contributed by atoms with E-state index in [0.717, 1.165) is 12.1 Å². The maximum atomic E-state index is 13.6. The number of hydrogen-bond donors (Lipinski definition) is 1. The van der Waals surface area contributed by atoms with Gasteiger partial charge in [-0.3, -0.25) is 0 Å². The lowest BCUT2D eigenvalue weighted by Gasteiger charge is -2.29. The van der Waals surface area contributed by atoms with Crippen LogP contribution in [-0.4, -0.2) is 26.3 Å². The number of nitrogens with two attached hydrogens (primary N) is 1. The van der Waals surface area contributed by atoms with Gasteiger partial charge < -0.3 is 15.4 Å². The van der Waals surface area contributed by atoms with Crippen molar-refractivity contribution < 1.29 is 13.5 Å². The van der Waals surface area contributed by atoms with Crippen molar-refractivity contribution in [3.05, 3.63) is 23.8 Å². The number of benzene rings is 1. The summed E-state index contributed by atoms with van der Waals surface area (Å²) in [6, 6.07) is 2.15. The highest BCUT2D eigenvalue weighted by Crippen LogP contribution is 2.26. The van der Waals surface area contributed by atoms with Crippen LogP contribution in [0.25, 0.3) is 0 Å².